The molecule has 0 bridgehead atoms. The zero-order valence-electron chi connectivity index (χ0n) is 46.3. The Labute approximate surface area is 508 Å². The van der Waals surface area contributed by atoms with Crippen LogP contribution in [0.2, 0.25) is 0 Å². The summed E-state index contributed by atoms with van der Waals surface area (Å²) in [6.45, 7) is 20.9. The van der Waals surface area contributed by atoms with Crippen LogP contribution in [-0.4, -0.2) is 110 Å². The molecule has 3 aromatic carbocycles. The van der Waals surface area contributed by atoms with E-state index < -0.39 is 22.5 Å². The summed E-state index contributed by atoms with van der Waals surface area (Å²) in [7, 11) is -9.52. The normalized spacial score (nSPS) is 15.0. The minimum atomic E-state index is -3.79. The molecule has 6 aromatic rings. The van der Waals surface area contributed by atoms with E-state index in [0.29, 0.717) is 92.4 Å². The number of ether oxygens (including phenoxy) is 3. The maximum atomic E-state index is 13.6. The molecule has 7 rings (SSSR count). The Bertz CT molecular complexity index is 3190. The van der Waals surface area contributed by atoms with E-state index in [1.54, 1.807) is 25.2 Å². The Morgan fingerprint density at radius 1 is 0.506 bits per heavy atom. The van der Waals surface area contributed by atoms with E-state index in [4.69, 9.17) is 29.2 Å². The van der Waals surface area contributed by atoms with Crippen molar-refractivity contribution in [2.75, 3.05) is 52.6 Å². The molecule has 0 spiro atoms. The summed E-state index contributed by atoms with van der Waals surface area (Å²) >= 11 is 0. The molecule has 1 aliphatic heterocycles. The molecule has 3 atom stereocenters. The van der Waals surface area contributed by atoms with Crippen LogP contribution in [0.25, 0.3) is 0 Å². The van der Waals surface area contributed by atoms with Crippen molar-refractivity contribution in [2.45, 2.75) is 86.4 Å². The van der Waals surface area contributed by atoms with E-state index in [1.165, 1.54) is 13.3 Å². The first-order chi connectivity index (χ1) is 37.1. The van der Waals surface area contributed by atoms with Crippen LogP contribution in [0.4, 0.5) is 0 Å². The Morgan fingerprint density at radius 2 is 0.835 bits per heavy atom. The van der Waals surface area contributed by atoms with E-state index in [2.05, 4.69) is 50.2 Å². The van der Waals surface area contributed by atoms with Crippen LogP contribution >= 0.6 is 22.5 Å². The van der Waals surface area contributed by atoms with Gasteiger partial charge in [-0.15, -0.1) is 11.5 Å². The van der Waals surface area contributed by atoms with Gasteiger partial charge in [-0.25, -0.2) is 15.0 Å². The van der Waals surface area contributed by atoms with Gasteiger partial charge < -0.3 is 24.0 Å². The van der Waals surface area contributed by atoms with E-state index in [-0.39, 0.29) is 78.6 Å². The van der Waals surface area contributed by atoms with Crippen LogP contribution in [0, 0.1) is 91.1 Å². The molecular formula is C61H69EuN6O8P3. The molecule has 1 radical (unpaired) electrons. The number of hydrogen-bond donors (Lipinski definition) is 2. The molecule has 413 valence electrons. The van der Waals surface area contributed by atoms with Gasteiger partial charge >= 0.3 is 0 Å². The average molecular weight is 1260 g/mol. The number of benzene rings is 3. The Kier molecular flexibility index (Phi) is 23.8. The number of aromatic nitrogens is 3. The summed E-state index contributed by atoms with van der Waals surface area (Å²) in [5.41, 5.74) is 6.51. The quantitative estimate of drug-likeness (QED) is 0.0536. The third-order valence-corrected chi connectivity index (χ3v) is 15.4. The SMILES string of the molecule is C[CH-][P+](=O)c1nc(CN2CCN(Cc3cc(C#Cc4ccc(OC(C)C)cc4)cc(P(C)(=O)O)n3)CCN(Cc3cc(C#Cc4ccc(OC(C)C)cc4)cc(P(C)(=O)O)n3)CC2)ccc1C#Cc1ccc(OC(C)C)cc1.[Eu]. The summed E-state index contributed by atoms with van der Waals surface area (Å²) in [4.78, 5) is 42.9. The van der Waals surface area contributed by atoms with Crippen molar-refractivity contribution in [2.24, 2.45) is 0 Å². The predicted octanol–water partition coefficient (Wildman–Crippen LogP) is 8.94. The summed E-state index contributed by atoms with van der Waals surface area (Å²) < 4.78 is 57.4. The Morgan fingerprint density at radius 3 is 1.16 bits per heavy atom. The van der Waals surface area contributed by atoms with Gasteiger partial charge in [-0.05, 0) is 151 Å². The fourth-order valence-electron chi connectivity index (χ4n) is 8.28. The van der Waals surface area contributed by atoms with Crippen LogP contribution in [0.5, 0.6) is 17.2 Å². The summed E-state index contributed by atoms with van der Waals surface area (Å²) in [6, 6.07) is 33.3. The van der Waals surface area contributed by atoms with Crippen molar-refractivity contribution in [1.82, 2.24) is 29.7 Å². The van der Waals surface area contributed by atoms with Crippen LogP contribution < -0.4 is 30.5 Å². The number of hydrogen-bond acceptors (Lipinski definition) is 12. The summed E-state index contributed by atoms with van der Waals surface area (Å²) in [5, 5.41) is 0. The van der Waals surface area contributed by atoms with Crippen molar-refractivity contribution in [3.8, 4) is 52.8 Å². The van der Waals surface area contributed by atoms with Gasteiger partial charge in [-0.3, -0.25) is 23.8 Å². The Balaban J connectivity index is 0.0000101. The van der Waals surface area contributed by atoms with Gasteiger partial charge in [-0.2, -0.15) is 0 Å². The zero-order chi connectivity index (χ0) is 56.0. The minimum absolute atomic E-state index is 0. The van der Waals surface area contributed by atoms with E-state index in [1.807, 2.05) is 139 Å². The van der Waals surface area contributed by atoms with Crippen LogP contribution in [0.1, 0.15) is 98.9 Å². The van der Waals surface area contributed by atoms with Crippen LogP contribution in [-0.2, 0) is 33.3 Å². The largest absolute Gasteiger partial charge is 0.491 e. The molecule has 2 N–H and O–H groups in total. The van der Waals surface area contributed by atoms with Gasteiger partial charge in [0.25, 0.3) is 5.44 Å². The molecule has 1 aliphatic rings. The van der Waals surface area contributed by atoms with Crippen molar-refractivity contribution in [3.05, 3.63) is 166 Å². The molecule has 0 aliphatic carbocycles. The maximum absolute atomic E-state index is 13.6. The molecule has 79 heavy (non-hydrogen) atoms. The molecular weight excluding hydrogens is 1190 g/mol. The first-order valence-electron chi connectivity index (χ1n) is 26.1. The van der Waals surface area contributed by atoms with Crippen LogP contribution in [0.15, 0.2) is 109 Å². The van der Waals surface area contributed by atoms with E-state index in [0.717, 1.165) is 39.6 Å². The second-order valence-electron chi connectivity index (χ2n) is 20.1. The van der Waals surface area contributed by atoms with Gasteiger partial charge in [-0.1, -0.05) is 41.7 Å². The van der Waals surface area contributed by atoms with Crippen molar-refractivity contribution in [1.29, 1.82) is 0 Å². The number of pyridine rings is 3. The summed E-state index contributed by atoms with van der Waals surface area (Å²) in [5.74, 6) is 21.5. The zero-order valence-corrected chi connectivity index (χ0v) is 51.4. The molecule has 1 fully saturated rings. The molecule has 3 aromatic heterocycles. The van der Waals surface area contributed by atoms with Crippen molar-refractivity contribution < 1.29 is 87.1 Å². The molecule has 4 heterocycles. The second kappa shape index (κ2) is 29.7. The van der Waals surface area contributed by atoms with Crippen molar-refractivity contribution in [3.63, 3.8) is 0 Å². The molecule has 1 saturated heterocycles. The van der Waals surface area contributed by atoms with E-state index >= 15 is 0 Å². The van der Waals surface area contributed by atoms with Gasteiger partial charge in [0.2, 0.25) is 22.5 Å². The first-order valence-corrected chi connectivity index (χ1v) is 31.6. The van der Waals surface area contributed by atoms with E-state index in [9.17, 15) is 23.5 Å². The predicted molar refractivity (Wildman–Crippen MR) is 311 cm³/mol. The smallest absolute Gasteiger partial charge is 0.264 e. The fourth-order valence-corrected chi connectivity index (χ4v) is 10.5. The minimum Gasteiger partial charge on any atom is -0.491 e. The first kappa shape index (κ1) is 63.3. The average Bonchev–Trinajstić information content (AvgIpc) is 3.47. The molecule has 18 heteroatoms. The molecule has 3 unspecified atom stereocenters. The monoisotopic (exact) mass is 1260 g/mol. The number of nitrogens with zero attached hydrogens (tertiary/aromatic N) is 6. The molecule has 0 saturated carbocycles. The van der Waals surface area contributed by atoms with Gasteiger partial charge in [0.05, 0.1) is 41.0 Å². The van der Waals surface area contributed by atoms with Gasteiger partial charge in [0, 0.05) is 149 Å². The van der Waals surface area contributed by atoms with Gasteiger partial charge in [0.1, 0.15) is 28.1 Å². The fraction of sp³-hybridized carbons (Fsp3) is 0.344. The third-order valence-electron chi connectivity index (χ3n) is 12.0. The topological polar surface area (TPSA) is 168 Å². The number of rotatable bonds is 16. The Hall–Kier alpha value is -4.87. The third kappa shape index (κ3) is 20.6. The van der Waals surface area contributed by atoms with Gasteiger partial charge in [0.15, 0.2) is 0 Å². The van der Waals surface area contributed by atoms with Crippen LogP contribution in [0.3, 0.4) is 0 Å². The summed E-state index contributed by atoms with van der Waals surface area (Å²) in [6.07, 6.45) is 1.77. The van der Waals surface area contributed by atoms with Crippen molar-refractivity contribution >= 4 is 38.8 Å². The standard InChI is InChI=1S/C61H69N6O8P3.Eu/c1-10-76(68)61-52(22-15-49-20-29-58(30-21-49)75-46(6)7)23-24-53(64-61)41-65-31-33-66(42-54-37-50(39-59(62-54)77(8,69)70)13-11-47-16-25-56(26-17-47)73-44(2)3)35-36-67(34-32-65)43-55-38-51(40-60(63-55)78(9,71)72)14-12-48-18-27-57(28-19-48)74-45(4)5;/h10,16-21,23-30,37-40,44-46H,31-36,41-43H2,1-9H3,(H,69,70)(H,71,72);. The second-order valence-corrected chi connectivity index (χ2v) is 26.1. The molecule has 0 amide bonds. The maximum Gasteiger partial charge on any atom is 0.264 e. The molecule has 14 nitrogen and oxygen atoms in total.